The lowest BCUT2D eigenvalue weighted by atomic mass is 9.83. The Balaban J connectivity index is 1.52. The monoisotopic (exact) mass is 584 g/mol. The van der Waals surface area contributed by atoms with Gasteiger partial charge in [-0.2, -0.15) is 0 Å². The third kappa shape index (κ3) is 3.66. The summed E-state index contributed by atoms with van der Waals surface area (Å²) >= 11 is 12.7. The van der Waals surface area contributed by atoms with Gasteiger partial charge in [-0.1, -0.05) is 71.7 Å². The summed E-state index contributed by atoms with van der Waals surface area (Å²) < 4.78 is 19.7. The number of amides is 2. The third-order valence-corrected chi connectivity index (χ3v) is 8.34. The van der Waals surface area contributed by atoms with Gasteiger partial charge < -0.3 is 14.2 Å². The molecule has 41 heavy (non-hydrogen) atoms. The van der Waals surface area contributed by atoms with Gasteiger partial charge in [0.2, 0.25) is 5.76 Å². The zero-order chi connectivity index (χ0) is 28.5. The van der Waals surface area contributed by atoms with E-state index in [2.05, 4.69) is 0 Å². The lowest BCUT2D eigenvalue weighted by Gasteiger charge is -2.34. The maximum atomic E-state index is 14.8. The molecule has 9 heteroatoms. The van der Waals surface area contributed by atoms with Gasteiger partial charge >= 0.3 is 0 Å². The van der Waals surface area contributed by atoms with Crippen molar-refractivity contribution in [1.29, 1.82) is 0 Å². The van der Waals surface area contributed by atoms with E-state index >= 15 is 0 Å². The summed E-state index contributed by atoms with van der Waals surface area (Å²) in [5.74, 6) is -1.72. The highest BCUT2D eigenvalue weighted by atomic mass is 35.5. The fraction of sp³-hybridized carbons (Fsp3) is 0.0938. The second-order valence-corrected chi connectivity index (χ2v) is 10.8. The highest BCUT2D eigenvalue weighted by molar-refractivity contribution is 6.31. The number of para-hydroxylation sites is 1. The minimum atomic E-state index is -1.83. The van der Waals surface area contributed by atoms with E-state index in [1.165, 1.54) is 34.1 Å². The van der Waals surface area contributed by atoms with Gasteiger partial charge in [0.25, 0.3) is 11.8 Å². The van der Waals surface area contributed by atoms with Crippen molar-refractivity contribution in [2.75, 3.05) is 4.90 Å². The number of rotatable bonds is 4. The Hall–Kier alpha value is -4.46. The maximum absolute atomic E-state index is 14.8. The molecular formula is C32H19Cl2FN2O4. The molecule has 1 atom stereocenters. The van der Waals surface area contributed by atoms with Crippen molar-refractivity contribution in [3.63, 3.8) is 0 Å². The van der Waals surface area contributed by atoms with E-state index in [9.17, 15) is 18.8 Å². The molecule has 0 aliphatic carbocycles. The highest BCUT2D eigenvalue weighted by Crippen LogP contribution is 2.53. The molecule has 1 unspecified atom stereocenters. The van der Waals surface area contributed by atoms with Crippen LogP contribution in [-0.4, -0.2) is 16.7 Å². The summed E-state index contributed by atoms with van der Waals surface area (Å²) in [6, 6.07) is 24.4. The molecular weight excluding hydrogens is 566 g/mol. The first-order chi connectivity index (χ1) is 19.8. The second kappa shape index (κ2) is 9.29. The van der Waals surface area contributed by atoms with E-state index < -0.39 is 28.6 Å². The molecule has 0 bridgehead atoms. The fourth-order valence-electron chi connectivity index (χ4n) is 5.91. The first-order valence-corrected chi connectivity index (χ1v) is 13.5. The van der Waals surface area contributed by atoms with Crippen molar-refractivity contribution >= 4 is 51.7 Å². The number of carbonyl (C=O) groups excluding carboxylic acids is 2. The van der Waals surface area contributed by atoms with Crippen LogP contribution in [0.1, 0.15) is 32.8 Å². The molecule has 2 amide bonds. The van der Waals surface area contributed by atoms with Crippen LogP contribution in [0, 0.1) is 5.82 Å². The number of carbonyl (C=O) groups is 2. The normalized spacial score (nSPS) is 17.5. The van der Waals surface area contributed by atoms with Crippen LogP contribution in [0.2, 0.25) is 10.0 Å². The largest absolute Gasteiger partial charge is 0.450 e. The highest BCUT2D eigenvalue weighted by Gasteiger charge is 2.65. The zero-order valence-corrected chi connectivity index (χ0v) is 22.7. The van der Waals surface area contributed by atoms with Crippen molar-refractivity contribution in [1.82, 2.24) is 4.90 Å². The van der Waals surface area contributed by atoms with Gasteiger partial charge in [0.05, 0.1) is 23.2 Å². The zero-order valence-electron chi connectivity index (χ0n) is 21.2. The van der Waals surface area contributed by atoms with Crippen LogP contribution in [0.3, 0.4) is 0 Å². The van der Waals surface area contributed by atoms with E-state index in [0.717, 1.165) is 0 Å². The molecule has 4 aromatic carbocycles. The van der Waals surface area contributed by atoms with Gasteiger partial charge in [0.15, 0.2) is 11.0 Å². The molecule has 202 valence electrons. The number of hydrogen-bond donors (Lipinski definition) is 0. The minimum absolute atomic E-state index is 0.0658. The van der Waals surface area contributed by atoms with Crippen molar-refractivity contribution < 1.29 is 18.4 Å². The van der Waals surface area contributed by atoms with Crippen LogP contribution in [0.25, 0.3) is 11.0 Å². The third-order valence-electron chi connectivity index (χ3n) is 7.74. The number of benzene rings is 4. The van der Waals surface area contributed by atoms with Crippen LogP contribution in [0.15, 0.2) is 100 Å². The van der Waals surface area contributed by atoms with Gasteiger partial charge in [0, 0.05) is 22.2 Å². The average molecular weight is 585 g/mol. The molecule has 7 rings (SSSR count). The molecule has 0 saturated carbocycles. The second-order valence-electron chi connectivity index (χ2n) is 10.0. The molecule has 3 heterocycles. The Kier molecular flexibility index (Phi) is 5.78. The van der Waals surface area contributed by atoms with E-state index in [1.807, 2.05) is 0 Å². The van der Waals surface area contributed by atoms with E-state index in [0.29, 0.717) is 32.4 Å². The smallest absolute Gasteiger partial charge is 0.291 e. The first-order valence-electron chi connectivity index (χ1n) is 12.8. The number of fused-ring (bicyclic) bond motifs is 5. The van der Waals surface area contributed by atoms with Gasteiger partial charge in [0.1, 0.15) is 11.4 Å². The minimum Gasteiger partial charge on any atom is -0.450 e. The van der Waals surface area contributed by atoms with Crippen molar-refractivity contribution in [2.24, 2.45) is 0 Å². The molecule has 0 radical (unpaired) electrons. The van der Waals surface area contributed by atoms with Gasteiger partial charge in [-0.05, 0) is 53.6 Å². The topological polar surface area (TPSA) is 70.8 Å². The molecule has 2 aliphatic heterocycles. The number of hydrogen-bond acceptors (Lipinski definition) is 4. The molecule has 5 aromatic rings. The summed E-state index contributed by atoms with van der Waals surface area (Å²) in [5.41, 5.74) is 0.0108. The maximum Gasteiger partial charge on any atom is 0.291 e. The lowest BCUT2D eigenvalue weighted by Crippen LogP contribution is -2.53. The van der Waals surface area contributed by atoms with Crippen LogP contribution in [0.4, 0.5) is 10.1 Å². The summed E-state index contributed by atoms with van der Waals surface area (Å²) in [6.07, 6.45) is 0. The molecule has 0 fully saturated rings. The van der Waals surface area contributed by atoms with Crippen LogP contribution < -0.4 is 10.3 Å². The molecule has 6 nitrogen and oxygen atoms in total. The Morgan fingerprint density at radius 3 is 2.34 bits per heavy atom. The Morgan fingerprint density at radius 1 is 0.829 bits per heavy atom. The van der Waals surface area contributed by atoms with E-state index in [1.54, 1.807) is 66.7 Å². The number of nitrogens with zero attached hydrogens (tertiary/aromatic N) is 2. The molecule has 1 spiro atoms. The van der Waals surface area contributed by atoms with Crippen molar-refractivity contribution in [2.45, 2.75) is 18.6 Å². The standard InChI is InChI=1S/C32H19Cl2FN2O4/c33-20-11-14-26-22(15-20)28(38)27-29(41-26)30(39)37(17-19-5-1-3-7-24(19)34)32(27)23-6-2-4-8-25(23)36(31(32)40)16-18-9-12-21(35)13-10-18/h1-15H,16-17H2. The average Bonchev–Trinajstić information content (AvgIpc) is 3.36. The van der Waals surface area contributed by atoms with Crippen LogP contribution in [-0.2, 0) is 23.4 Å². The molecule has 1 aromatic heterocycles. The van der Waals surface area contributed by atoms with Crippen LogP contribution in [0.5, 0.6) is 0 Å². The number of halogens is 3. The van der Waals surface area contributed by atoms with Gasteiger partial charge in [-0.25, -0.2) is 4.39 Å². The quantitative estimate of drug-likeness (QED) is 0.236. The van der Waals surface area contributed by atoms with Crippen molar-refractivity contribution in [3.8, 4) is 0 Å². The summed E-state index contributed by atoms with van der Waals surface area (Å²) in [7, 11) is 0. The predicted octanol–water partition coefficient (Wildman–Crippen LogP) is 6.69. The van der Waals surface area contributed by atoms with Crippen molar-refractivity contribution in [3.05, 3.63) is 145 Å². The van der Waals surface area contributed by atoms with Gasteiger partial charge in [-0.3, -0.25) is 14.4 Å². The molecule has 2 aliphatic rings. The Labute approximate surface area is 243 Å². The van der Waals surface area contributed by atoms with E-state index in [-0.39, 0.29) is 35.4 Å². The molecule has 0 N–H and O–H groups in total. The Bertz CT molecular complexity index is 1970. The lowest BCUT2D eigenvalue weighted by molar-refractivity contribution is -0.126. The van der Waals surface area contributed by atoms with E-state index in [4.69, 9.17) is 27.6 Å². The summed E-state index contributed by atoms with van der Waals surface area (Å²) in [4.78, 5) is 46.2. The summed E-state index contributed by atoms with van der Waals surface area (Å²) in [6.45, 7) is 0.0236. The predicted molar refractivity (Wildman–Crippen MR) is 154 cm³/mol. The van der Waals surface area contributed by atoms with Crippen LogP contribution >= 0.6 is 23.2 Å². The Morgan fingerprint density at radius 2 is 1.56 bits per heavy atom. The SMILES string of the molecule is O=C1c2oc3ccc(Cl)cc3c(=O)c2C2(C(=O)N(Cc3ccc(F)cc3)c3ccccc32)N1Cc1ccccc1Cl. The van der Waals surface area contributed by atoms with Gasteiger partial charge in [-0.15, -0.1) is 0 Å². The number of anilines is 1. The molecule has 0 saturated heterocycles. The first kappa shape index (κ1) is 25.5. The fourth-order valence-corrected chi connectivity index (χ4v) is 6.28. The summed E-state index contributed by atoms with van der Waals surface area (Å²) in [5, 5.41) is 0.877.